The van der Waals surface area contributed by atoms with Crippen LogP contribution in [0.15, 0.2) is 79.3 Å². The number of methoxy groups -OCH3 is 1. The lowest BCUT2D eigenvalue weighted by Crippen LogP contribution is -2.33. The lowest BCUT2D eigenvalue weighted by atomic mass is 10.1. The maximum Gasteiger partial charge on any atom is 0.403 e. The van der Waals surface area contributed by atoms with Crippen LogP contribution < -0.4 is 9.30 Å². The highest BCUT2D eigenvalue weighted by atomic mass is 16.5. The third-order valence-electron chi connectivity index (χ3n) is 4.34. The van der Waals surface area contributed by atoms with Gasteiger partial charge < -0.3 is 4.74 Å². The van der Waals surface area contributed by atoms with E-state index in [0.29, 0.717) is 0 Å². The molecule has 0 atom stereocenters. The Morgan fingerprint density at radius 2 is 1.76 bits per heavy atom. The number of aromatic nitrogens is 3. The Hall–Kier alpha value is -3.14. The summed E-state index contributed by atoms with van der Waals surface area (Å²) < 4.78 is 9.60. The number of nitrogens with zero attached hydrogens (tertiary/aromatic N) is 3. The first-order valence-electron chi connectivity index (χ1n) is 8.35. The monoisotopic (exact) mass is 330 g/mol. The molecule has 0 aliphatic rings. The van der Waals surface area contributed by atoms with Crippen LogP contribution in [0.1, 0.15) is 16.8 Å². The minimum absolute atomic E-state index is 0.809. The van der Waals surface area contributed by atoms with Gasteiger partial charge in [0, 0.05) is 12.5 Å². The molecular formula is C21H20N3O+. The fraction of sp³-hybridized carbons (Fsp3) is 0.143. The van der Waals surface area contributed by atoms with Crippen LogP contribution in [-0.4, -0.2) is 16.5 Å². The van der Waals surface area contributed by atoms with Gasteiger partial charge in [0.05, 0.1) is 19.9 Å². The second-order valence-electron chi connectivity index (χ2n) is 6.05. The molecule has 0 fully saturated rings. The van der Waals surface area contributed by atoms with Crippen LogP contribution in [0.3, 0.4) is 0 Å². The zero-order valence-electron chi connectivity index (χ0n) is 14.2. The highest BCUT2D eigenvalue weighted by Crippen LogP contribution is 2.15. The summed E-state index contributed by atoms with van der Waals surface area (Å²) in [5.74, 6) is 1.83. The van der Waals surface area contributed by atoms with Crippen LogP contribution in [0.4, 0.5) is 0 Å². The average molecular weight is 330 g/mol. The van der Waals surface area contributed by atoms with Crippen LogP contribution in [0, 0.1) is 0 Å². The van der Waals surface area contributed by atoms with Crippen molar-refractivity contribution < 1.29 is 9.30 Å². The van der Waals surface area contributed by atoms with Crippen LogP contribution in [0.2, 0.25) is 0 Å². The Labute approximate surface area is 147 Å². The molecule has 0 radical (unpaired) electrons. The number of hydrogen-bond donors (Lipinski definition) is 0. The van der Waals surface area contributed by atoms with Gasteiger partial charge in [-0.25, -0.2) is 8.97 Å². The Balaban J connectivity index is 1.69. The van der Waals surface area contributed by atoms with Crippen molar-refractivity contribution in [1.82, 2.24) is 9.38 Å². The van der Waals surface area contributed by atoms with Crippen molar-refractivity contribution in [1.29, 1.82) is 0 Å². The van der Waals surface area contributed by atoms with Gasteiger partial charge in [0.2, 0.25) is 0 Å². The molecule has 0 N–H and O–H groups in total. The van der Waals surface area contributed by atoms with Crippen molar-refractivity contribution in [3.05, 3.63) is 96.1 Å². The molecule has 0 bridgehead atoms. The molecule has 0 saturated carbocycles. The van der Waals surface area contributed by atoms with Crippen molar-refractivity contribution in [3.63, 3.8) is 0 Å². The van der Waals surface area contributed by atoms with Gasteiger partial charge in [0.25, 0.3) is 0 Å². The molecule has 2 aromatic carbocycles. The third kappa shape index (κ3) is 3.24. The van der Waals surface area contributed by atoms with E-state index in [1.165, 1.54) is 16.8 Å². The molecule has 4 aromatic rings. The largest absolute Gasteiger partial charge is 0.497 e. The predicted octanol–water partition coefficient (Wildman–Crippen LogP) is 3.27. The molecule has 124 valence electrons. The summed E-state index contributed by atoms with van der Waals surface area (Å²) in [4.78, 5) is 4.57. The summed E-state index contributed by atoms with van der Waals surface area (Å²) in [6, 6.07) is 20.6. The van der Waals surface area contributed by atoms with E-state index in [0.717, 1.165) is 24.5 Å². The van der Waals surface area contributed by atoms with E-state index < -0.39 is 0 Å². The molecule has 4 heteroatoms. The Morgan fingerprint density at radius 3 is 2.52 bits per heavy atom. The molecular weight excluding hydrogens is 310 g/mol. The Kier molecular flexibility index (Phi) is 4.17. The van der Waals surface area contributed by atoms with Gasteiger partial charge in [-0.3, -0.25) is 0 Å². The Morgan fingerprint density at radius 1 is 0.960 bits per heavy atom. The van der Waals surface area contributed by atoms with Crippen molar-refractivity contribution in [3.8, 4) is 5.75 Å². The first-order valence-corrected chi connectivity index (χ1v) is 8.35. The topological polar surface area (TPSA) is 30.4 Å². The van der Waals surface area contributed by atoms with Crippen molar-refractivity contribution >= 4 is 5.78 Å². The minimum Gasteiger partial charge on any atom is -0.497 e. The van der Waals surface area contributed by atoms with Gasteiger partial charge >= 0.3 is 5.78 Å². The summed E-state index contributed by atoms with van der Waals surface area (Å²) in [5.41, 5.74) is 3.72. The second kappa shape index (κ2) is 6.77. The van der Waals surface area contributed by atoms with Gasteiger partial charge in [0.1, 0.15) is 23.8 Å². The molecule has 0 aliphatic carbocycles. The summed E-state index contributed by atoms with van der Waals surface area (Å²) >= 11 is 0. The maximum atomic E-state index is 5.24. The summed E-state index contributed by atoms with van der Waals surface area (Å²) in [7, 11) is 1.69. The highest BCUT2D eigenvalue weighted by molar-refractivity contribution is 5.32. The predicted molar refractivity (Wildman–Crippen MR) is 96.7 cm³/mol. The van der Waals surface area contributed by atoms with E-state index in [-0.39, 0.29) is 0 Å². The maximum absolute atomic E-state index is 5.24. The number of fused-ring (bicyclic) bond motifs is 1. The Bertz CT molecular complexity index is 975. The fourth-order valence-electron chi connectivity index (χ4n) is 3.08. The first kappa shape index (κ1) is 15.4. The van der Waals surface area contributed by atoms with Crippen LogP contribution in [-0.2, 0) is 13.0 Å². The quantitative estimate of drug-likeness (QED) is 0.526. The third-order valence-corrected chi connectivity index (χ3v) is 4.34. The highest BCUT2D eigenvalue weighted by Gasteiger charge is 2.17. The van der Waals surface area contributed by atoms with E-state index in [1.54, 1.807) is 7.11 Å². The number of benzene rings is 2. The van der Waals surface area contributed by atoms with E-state index in [1.807, 2.05) is 30.5 Å². The van der Waals surface area contributed by atoms with Gasteiger partial charge in [-0.15, -0.1) is 0 Å². The number of hydrogen-bond acceptors (Lipinski definition) is 2. The van der Waals surface area contributed by atoms with Crippen molar-refractivity contribution in [2.24, 2.45) is 0 Å². The number of ether oxygens (including phenoxy) is 1. The van der Waals surface area contributed by atoms with Gasteiger partial charge in [-0.05, 0) is 23.3 Å². The van der Waals surface area contributed by atoms with E-state index in [2.05, 4.69) is 62.7 Å². The first-order chi connectivity index (χ1) is 12.3. The van der Waals surface area contributed by atoms with Crippen LogP contribution in [0.5, 0.6) is 5.75 Å². The molecule has 0 saturated heterocycles. The average Bonchev–Trinajstić information content (AvgIpc) is 3.01. The molecule has 2 aromatic heterocycles. The SMILES string of the molecule is COc1ccc(Cc2c[n+](Cc3ccccc3)c3ncccn23)cc1. The molecule has 0 unspecified atom stereocenters. The second-order valence-corrected chi connectivity index (χ2v) is 6.05. The summed E-state index contributed by atoms with van der Waals surface area (Å²) in [6.07, 6.45) is 6.95. The van der Waals surface area contributed by atoms with Gasteiger partial charge in [0.15, 0.2) is 0 Å². The zero-order valence-corrected chi connectivity index (χ0v) is 14.2. The number of imidazole rings is 1. The van der Waals surface area contributed by atoms with Gasteiger partial charge in [-0.1, -0.05) is 47.4 Å². The molecule has 4 rings (SSSR count). The molecule has 4 nitrogen and oxygen atoms in total. The van der Waals surface area contributed by atoms with Crippen LogP contribution >= 0.6 is 0 Å². The molecule has 0 spiro atoms. The molecule has 2 heterocycles. The van der Waals surface area contributed by atoms with E-state index in [9.17, 15) is 0 Å². The van der Waals surface area contributed by atoms with Crippen molar-refractivity contribution in [2.75, 3.05) is 7.11 Å². The fourth-order valence-corrected chi connectivity index (χ4v) is 3.08. The van der Waals surface area contributed by atoms with E-state index in [4.69, 9.17) is 4.74 Å². The normalized spacial score (nSPS) is 10.9. The van der Waals surface area contributed by atoms with Crippen molar-refractivity contribution in [2.45, 2.75) is 13.0 Å². The van der Waals surface area contributed by atoms with Gasteiger partial charge in [-0.2, -0.15) is 0 Å². The number of rotatable bonds is 5. The molecule has 0 amide bonds. The lowest BCUT2D eigenvalue weighted by Gasteiger charge is -2.01. The summed E-state index contributed by atoms with van der Waals surface area (Å²) in [5, 5.41) is 0. The van der Waals surface area contributed by atoms with Crippen LogP contribution in [0.25, 0.3) is 5.78 Å². The summed E-state index contributed by atoms with van der Waals surface area (Å²) in [6.45, 7) is 0.809. The zero-order chi connectivity index (χ0) is 17.1. The van der Waals surface area contributed by atoms with E-state index >= 15 is 0 Å². The standard InChI is InChI=1S/C21H20N3O/c1-25-20-10-8-17(9-11-20)14-19-16-23(15-18-6-3-2-4-7-18)21-22-12-5-13-24(19)21/h2-13,16H,14-15H2,1H3/q+1. The molecule has 25 heavy (non-hydrogen) atoms. The smallest absolute Gasteiger partial charge is 0.403 e. The minimum atomic E-state index is 0.809. The molecule has 0 aliphatic heterocycles. The lowest BCUT2D eigenvalue weighted by molar-refractivity contribution is -0.664.